The second kappa shape index (κ2) is 6.76. The molecule has 0 saturated heterocycles. The Balaban J connectivity index is 1.64. The van der Waals surface area contributed by atoms with E-state index in [9.17, 15) is 9.90 Å². The highest BCUT2D eigenvalue weighted by atomic mass is 16.3. The van der Waals surface area contributed by atoms with Gasteiger partial charge in [0.05, 0.1) is 6.10 Å². The molecule has 0 amide bonds. The predicted octanol–water partition coefficient (Wildman–Crippen LogP) is 5.83. The lowest BCUT2D eigenvalue weighted by molar-refractivity contribution is -0.125. The fourth-order valence-electron chi connectivity index (χ4n) is 7.42. The van der Waals surface area contributed by atoms with Gasteiger partial charge < -0.3 is 5.11 Å². The Hall–Kier alpha value is -0.630. The second-order valence-electron chi connectivity index (χ2n) is 10.7. The van der Waals surface area contributed by atoms with E-state index in [4.69, 9.17) is 0 Å². The van der Waals surface area contributed by atoms with Crippen molar-refractivity contribution in [3.8, 4) is 0 Å². The number of Topliss-reactive ketones (excluding diaryl/α,β-unsaturated/α-hetero) is 1. The van der Waals surface area contributed by atoms with Gasteiger partial charge in [0.2, 0.25) is 0 Å². The summed E-state index contributed by atoms with van der Waals surface area (Å²) in [5.74, 6) is 2.62. The van der Waals surface area contributed by atoms with Gasteiger partial charge in [-0.1, -0.05) is 44.8 Å². The molecule has 0 aromatic carbocycles. The molecule has 4 aliphatic carbocycles. The number of carbonyl (C=O) groups excluding carboxylic acids is 1. The number of carbonyl (C=O) groups is 1. The van der Waals surface area contributed by atoms with E-state index in [1.54, 1.807) is 11.1 Å². The zero-order valence-corrected chi connectivity index (χ0v) is 17.2. The van der Waals surface area contributed by atoms with Gasteiger partial charge in [0, 0.05) is 12.8 Å². The van der Waals surface area contributed by atoms with E-state index < -0.39 is 0 Å². The second-order valence-corrected chi connectivity index (χ2v) is 10.7. The van der Waals surface area contributed by atoms with Crippen molar-refractivity contribution in [3.05, 3.63) is 11.1 Å². The van der Waals surface area contributed by atoms with Crippen LogP contribution in [0.3, 0.4) is 0 Å². The fraction of sp³-hybridized carbons (Fsp3) is 0.875. The maximum atomic E-state index is 12.0. The van der Waals surface area contributed by atoms with Crippen LogP contribution in [0.5, 0.6) is 0 Å². The van der Waals surface area contributed by atoms with Gasteiger partial charge in [-0.2, -0.15) is 0 Å². The topological polar surface area (TPSA) is 37.3 Å². The summed E-state index contributed by atoms with van der Waals surface area (Å²) in [7, 11) is 0. The van der Waals surface area contributed by atoms with Crippen LogP contribution in [0.25, 0.3) is 0 Å². The molecular weight excluding hydrogens is 320 g/mol. The molecule has 5 atom stereocenters. The first-order valence-electron chi connectivity index (χ1n) is 11.3. The van der Waals surface area contributed by atoms with Crippen LogP contribution >= 0.6 is 0 Å². The van der Waals surface area contributed by atoms with Crippen molar-refractivity contribution in [2.24, 2.45) is 28.6 Å². The third-order valence-electron chi connectivity index (χ3n) is 8.70. The Morgan fingerprint density at radius 1 is 1.12 bits per heavy atom. The number of aliphatic hydroxyl groups is 1. The number of fused-ring (bicyclic) bond motifs is 4. The summed E-state index contributed by atoms with van der Waals surface area (Å²) in [5.41, 5.74) is 4.03. The zero-order valence-electron chi connectivity index (χ0n) is 17.2. The molecule has 3 saturated carbocycles. The third kappa shape index (κ3) is 3.01. The average molecular weight is 359 g/mol. The van der Waals surface area contributed by atoms with Crippen molar-refractivity contribution >= 4 is 5.78 Å². The van der Waals surface area contributed by atoms with Gasteiger partial charge in [-0.3, -0.25) is 4.79 Å². The molecule has 3 fully saturated rings. The van der Waals surface area contributed by atoms with Crippen LogP contribution in [0.1, 0.15) is 97.8 Å². The van der Waals surface area contributed by atoms with E-state index in [1.807, 2.05) is 0 Å². The van der Waals surface area contributed by atoms with Gasteiger partial charge in [0.25, 0.3) is 0 Å². The Bertz CT molecular complexity index is 603. The molecule has 4 rings (SSSR count). The molecule has 2 nitrogen and oxygen atoms in total. The maximum Gasteiger partial charge on any atom is 0.133 e. The monoisotopic (exact) mass is 358 g/mol. The summed E-state index contributed by atoms with van der Waals surface area (Å²) < 4.78 is 0. The minimum atomic E-state index is -0.121. The first-order valence-corrected chi connectivity index (χ1v) is 11.3. The standard InChI is InChI=1S/C24H38O2/c1-16(2)5-4-10-24-12-11-23(3)20-9-7-18(25)13-17(20)6-8-21(23)22(24)14-19(26)15-24/h16-17,19-20,26H,4-15H2,1-3H3/t17-,19+,20?,23+,24?/m0/s1. The zero-order chi connectivity index (χ0) is 18.5. The fourth-order valence-corrected chi connectivity index (χ4v) is 7.42. The molecule has 2 heteroatoms. The van der Waals surface area contributed by atoms with Crippen LogP contribution < -0.4 is 0 Å². The lowest BCUT2D eigenvalue weighted by Crippen LogP contribution is -2.46. The van der Waals surface area contributed by atoms with Gasteiger partial charge in [0.1, 0.15) is 5.78 Å². The maximum absolute atomic E-state index is 12.0. The van der Waals surface area contributed by atoms with Crippen LogP contribution in [0, 0.1) is 28.6 Å². The lowest BCUT2D eigenvalue weighted by Gasteiger charge is -2.55. The van der Waals surface area contributed by atoms with Crippen molar-refractivity contribution in [1.29, 1.82) is 0 Å². The van der Waals surface area contributed by atoms with Gasteiger partial charge in [0.15, 0.2) is 0 Å². The Morgan fingerprint density at radius 3 is 2.69 bits per heavy atom. The Kier molecular flexibility index (Phi) is 4.87. The molecule has 2 unspecified atom stereocenters. The molecule has 0 heterocycles. The summed E-state index contributed by atoms with van der Waals surface area (Å²) in [6.45, 7) is 7.17. The molecule has 0 bridgehead atoms. The van der Waals surface area contributed by atoms with Crippen molar-refractivity contribution < 1.29 is 9.90 Å². The van der Waals surface area contributed by atoms with Crippen LogP contribution in [0.2, 0.25) is 0 Å². The molecule has 0 aromatic rings. The highest BCUT2D eigenvalue weighted by Gasteiger charge is 2.55. The number of hydrogen-bond donors (Lipinski definition) is 1. The largest absolute Gasteiger partial charge is 0.393 e. The predicted molar refractivity (Wildman–Crippen MR) is 106 cm³/mol. The lowest BCUT2D eigenvalue weighted by atomic mass is 9.49. The Morgan fingerprint density at radius 2 is 1.92 bits per heavy atom. The van der Waals surface area contributed by atoms with Crippen LogP contribution in [-0.4, -0.2) is 17.0 Å². The van der Waals surface area contributed by atoms with Crippen molar-refractivity contribution in [1.82, 2.24) is 0 Å². The number of aliphatic hydroxyl groups excluding tert-OH is 1. The molecule has 4 aliphatic rings. The SMILES string of the molecule is CC(C)CCCC12CC[C@@]3(C)C(=C1C[C@@H](O)C2)CC[C@H]1CC(=O)CCC13. The summed E-state index contributed by atoms with van der Waals surface area (Å²) in [4.78, 5) is 12.0. The number of ketones is 1. The number of allylic oxidation sites excluding steroid dienone is 1. The van der Waals surface area contributed by atoms with Crippen LogP contribution in [-0.2, 0) is 4.79 Å². The van der Waals surface area contributed by atoms with Crippen molar-refractivity contribution in [2.45, 2.75) is 104 Å². The molecule has 0 aromatic heterocycles. The number of rotatable bonds is 4. The van der Waals surface area contributed by atoms with Gasteiger partial charge in [-0.25, -0.2) is 0 Å². The highest BCUT2D eigenvalue weighted by Crippen LogP contribution is 2.65. The molecular formula is C24H38O2. The van der Waals surface area contributed by atoms with Gasteiger partial charge >= 0.3 is 0 Å². The molecule has 1 N–H and O–H groups in total. The molecule has 0 aliphatic heterocycles. The van der Waals surface area contributed by atoms with E-state index >= 15 is 0 Å². The molecule has 0 radical (unpaired) electrons. The van der Waals surface area contributed by atoms with Gasteiger partial charge in [-0.05, 0) is 80.0 Å². The first-order chi connectivity index (χ1) is 12.3. The molecule has 0 spiro atoms. The quantitative estimate of drug-likeness (QED) is 0.642. The van der Waals surface area contributed by atoms with E-state index in [1.165, 1.54) is 44.9 Å². The minimum absolute atomic E-state index is 0.121. The van der Waals surface area contributed by atoms with Crippen molar-refractivity contribution in [2.75, 3.05) is 0 Å². The van der Waals surface area contributed by atoms with Crippen LogP contribution in [0.4, 0.5) is 0 Å². The van der Waals surface area contributed by atoms with Gasteiger partial charge in [-0.15, -0.1) is 0 Å². The Labute approximate surface area is 159 Å². The van der Waals surface area contributed by atoms with E-state index in [2.05, 4.69) is 20.8 Å². The van der Waals surface area contributed by atoms with Crippen LogP contribution in [0.15, 0.2) is 11.1 Å². The summed E-state index contributed by atoms with van der Waals surface area (Å²) >= 11 is 0. The summed E-state index contributed by atoms with van der Waals surface area (Å²) in [5, 5.41) is 10.6. The normalized spacial score (nSPS) is 42.7. The van der Waals surface area contributed by atoms with E-state index in [-0.39, 0.29) is 6.10 Å². The highest BCUT2D eigenvalue weighted by molar-refractivity contribution is 5.79. The first kappa shape index (κ1) is 18.7. The van der Waals surface area contributed by atoms with E-state index in [0.717, 1.165) is 38.0 Å². The van der Waals surface area contributed by atoms with E-state index in [0.29, 0.717) is 28.4 Å². The molecule has 146 valence electrons. The minimum Gasteiger partial charge on any atom is -0.393 e. The third-order valence-corrected chi connectivity index (χ3v) is 8.70. The average Bonchev–Trinajstić information content (AvgIpc) is 2.90. The smallest absolute Gasteiger partial charge is 0.133 e. The molecule has 26 heavy (non-hydrogen) atoms. The summed E-state index contributed by atoms with van der Waals surface area (Å²) in [6, 6.07) is 0. The van der Waals surface area contributed by atoms with Crippen molar-refractivity contribution in [3.63, 3.8) is 0 Å². The summed E-state index contributed by atoms with van der Waals surface area (Å²) in [6.07, 6.45) is 13.4. The number of hydrogen-bond acceptors (Lipinski definition) is 2.